The number of amides is 1. The van der Waals surface area contributed by atoms with Crippen LogP contribution in [0.5, 0.6) is 0 Å². The molecule has 0 bridgehead atoms. The van der Waals surface area contributed by atoms with Crippen molar-refractivity contribution in [2.45, 2.75) is 51.4 Å². The van der Waals surface area contributed by atoms with Crippen LogP contribution in [0.4, 0.5) is 0 Å². The summed E-state index contributed by atoms with van der Waals surface area (Å²) in [4.78, 5) is 13.4. The van der Waals surface area contributed by atoms with Crippen molar-refractivity contribution in [2.75, 3.05) is 26.7 Å². The number of aliphatic hydroxyl groups excluding tert-OH is 1. The van der Waals surface area contributed by atoms with E-state index in [4.69, 9.17) is 4.74 Å². The largest absolute Gasteiger partial charge is 0.389 e. The second kappa shape index (κ2) is 6.50. The summed E-state index contributed by atoms with van der Waals surface area (Å²) in [7, 11) is 1.83. The van der Waals surface area contributed by atoms with Gasteiger partial charge in [0.15, 0.2) is 0 Å². The first kappa shape index (κ1) is 15.4. The van der Waals surface area contributed by atoms with Crippen LogP contribution in [0.3, 0.4) is 0 Å². The number of carbonyl (C=O) groups is 1. The van der Waals surface area contributed by atoms with Gasteiger partial charge in [-0.05, 0) is 40.7 Å². The zero-order valence-electron chi connectivity index (χ0n) is 11.9. The van der Waals surface area contributed by atoms with Gasteiger partial charge in [0.25, 0.3) is 0 Å². The highest BCUT2D eigenvalue weighted by molar-refractivity contribution is 5.78. The van der Waals surface area contributed by atoms with Crippen molar-refractivity contribution in [1.82, 2.24) is 10.2 Å². The Kier molecular flexibility index (Phi) is 5.56. The van der Waals surface area contributed by atoms with E-state index < -0.39 is 6.10 Å². The molecule has 18 heavy (non-hydrogen) atoms. The molecule has 0 saturated heterocycles. The summed E-state index contributed by atoms with van der Waals surface area (Å²) in [5.41, 5.74) is -0.247. The highest BCUT2D eigenvalue weighted by Gasteiger charge is 2.24. The maximum Gasteiger partial charge on any atom is 0.234 e. The van der Waals surface area contributed by atoms with Crippen molar-refractivity contribution in [1.29, 1.82) is 0 Å². The topological polar surface area (TPSA) is 61.8 Å². The Balaban J connectivity index is 2.13. The summed E-state index contributed by atoms with van der Waals surface area (Å²) >= 11 is 0. The molecule has 1 aliphatic carbocycles. The van der Waals surface area contributed by atoms with E-state index in [0.29, 0.717) is 19.1 Å². The van der Waals surface area contributed by atoms with Crippen molar-refractivity contribution in [3.63, 3.8) is 0 Å². The molecule has 1 unspecified atom stereocenters. The average molecular weight is 258 g/mol. The van der Waals surface area contributed by atoms with Gasteiger partial charge in [-0.3, -0.25) is 9.69 Å². The Hall–Kier alpha value is -0.650. The molecule has 1 saturated carbocycles. The number of nitrogens with one attached hydrogen (secondary N) is 1. The van der Waals surface area contributed by atoms with Gasteiger partial charge in [0.1, 0.15) is 0 Å². The van der Waals surface area contributed by atoms with Crippen molar-refractivity contribution in [2.24, 2.45) is 0 Å². The quantitative estimate of drug-likeness (QED) is 0.693. The first-order chi connectivity index (χ1) is 8.26. The molecule has 0 heterocycles. The van der Waals surface area contributed by atoms with Crippen LogP contribution in [0.2, 0.25) is 0 Å². The van der Waals surface area contributed by atoms with Crippen LogP contribution in [-0.2, 0) is 9.53 Å². The van der Waals surface area contributed by atoms with Gasteiger partial charge in [0.05, 0.1) is 24.9 Å². The van der Waals surface area contributed by atoms with Gasteiger partial charge in [-0.15, -0.1) is 0 Å². The molecule has 106 valence electrons. The Labute approximate surface area is 109 Å². The SMILES string of the molecule is CN(CC(=O)NC1CC1)CC(O)COC(C)(C)C. The maximum atomic E-state index is 11.5. The Bertz CT molecular complexity index is 272. The van der Waals surface area contributed by atoms with Gasteiger partial charge in [-0.2, -0.15) is 0 Å². The predicted octanol–water partition coefficient (Wildman–Crippen LogP) is 0.373. The lowest BCUT2D eigenvalue weighted by Crippen LogP contribution is -2.41. The second-order valence-corrected chi connectivity index (χ2v) is 6.12. The summed E-state index contributed by atoms with van der Waals surface area (Å²) in [6.45, 7) is 6.90. The summed E-state index contributed by atoms with van der Waals surface area (Å²) in [6, 6.07) is 0.389. The van der Waals surface area contributed by atoms with Crippen LogP contribution >= 0.6 is 0 Å². The molecular formula is C13H26N2O3. The van der Waals surface area contributed by atoms with Crippen molar-refractivity contribution < 1.29 is 14.6 Å². The van der Waals surface area contributed by atoms with Gasteiger partial charge in [-0.1, -0.05) is 0 Å². The van der Waals surface area contributed by atoms with E-state index in [0.717, 1.165) is 12.8 Å². The van der Waals surface area contributed by atoms with Crippen LogP contribution in [0.25, 0.3) is 0 Å². The molecule has 1 rings (SSSR count). The van der Waals surface area contributed by atoms with E-state index in [1.165, 1.54) is 0 Å². The third kappa shape index (κ3) is 7.63. The minimum absolute atomic E-state index is 0.0314. The fraction of sp³-hybridized carbons (Fsp3) is 0.923. The third-order valence-electron chi connectivity index (χ3n) is 2.59. The maximum absolute atomic E-state index is 11.5. The van der Waals surface area contributed by atoms with E-state index in [1.54, 1.807) is 0 Å². The molecule has 5 heteroatoms. The third-order valence-corrected chi connectivity index (χ3v) is 2.59. The normalized spacial score (nSPS) is 17.9. The van der Waals surface area contributed by atoms with E-state index in [-0.39, 0.29) is 18.1 Å². The van der Waals surface area contributed by atoms with Gasteiger partial charge in [0.2, 0.25) is 5.91 Å². The van der Waals surface area contributed by atoms with Crippen LogP contribution in [0.15, 0.2) is 0 Å². The molecule has 1 fully saturated rings. The van der Waals surface area contributed by atoms with Gasteiger partial charge in [-0.25, -0.2) is 0 Å². The van der Waals surface area contributed by atoms with Gasteiger partial charge in [0, 0.05) is 12.6 Å². The molecule has 5 nitrogen and oxygen atoms in total. The molecule has 2 N–H and O–H groups in total. The molecule has 0 aromatic rings. The van der Waals surface area contributed by atoms with E-state index in [9.17, 15) is 9.90 Å². The van der Waals surface area contributed by atoms with Crippen LogP contribution in [0.1, 0.15) is 33.6 Å². The number of nitrogens with zero attached hydrogens (tertiary/aromatic N) is 1. The molecular weight excluding hydrogens is 232 g/mol. The summed E-state index contributed by atoms with van der Waals surface area (Å²) in [6.07, 6.45) is 1.62. The minimum Gasteiger partial charge on any atom is -0.389 e. The fourth-order valence-corrected chi connectivity index (χ4v) is 1.57. The van der Waals surface area contributed by atoms with Crippen LogP contribution < -0.4 is 5.32 Å². The molecule has 1 aliphatic rings. The highest BCUT2D eigenvalue weighted by Crippen LogP contribution is 2.18. The molecule has 0 aromatic heterocycles. The highest BCUT2D eigenvalue weighted by atomic mass is 16.5. The minimum atomic E-state index is -0.567. The molecule has 0 aromatic carbocycles. The molecule has 0 radical (unpaired) electrons. The average Bonchev–Trinajstić information content (AvgIpc) is 2.96. The van der Waals surface area contributed by atoms with Gasteiger partial charge < -0.3 is 15.2 Å². The van der Waals surface area contributed by atoms with Crippen LogP contribution in [0, 0.1) is 0 Å². The Morgan fingerprint density at radius 3 is 2.61 bits per heavy atom. The lowest BCUT2D eigenvalue weighted by atomic mass is 10.2. The molecule has 0 spiro atoms. The fourth-order valence-electron chi connectivity index (χ4n) is 1.57. The van der Waals surface area contributed by atoms with Crippen molar-refractivity contribution in [3.8, 4) is 0 Å². The van der Waals surface area contributed by atoms with E-state index in [1.807, 2.05) is 32.7 Å². The van der Waals surface area contributed by atoms with E-state index in [2.05, 4.69) is 5.32 Å². The standard InChI is InChI=1S/C13H26N2O3/c1-13(2,3)18-9-11(16)7-15(4)8-12(17)14-10-5-6-10/h10-11,16H,5-9H2,1-4H3,(H,14,17). The Morgan fingerprint density at radius 1 is 1.50 bits per heavy atom. The molecule has 1 atom stereocenters. The monoisotopic (exact) mass is 258 g/mol. The lowest BCUT2D eigenvalue weighted by molar-refractivity contribution is -0.122. The van der Waals surface area contributed by atoms with Crippen molar-refractivity contribution in [3.05, 3.63) is 0 Å². The Morgan fingerprint density at radius 2 is 2.11 bits per heavy atom. The number of ether oxygens (including phenoxy) is 1. The first-order valence-corrected chi connectivity index (χ1v) is 6.56. The smallest absolute Gasteiger partial charge is 0.234 e. The predicted molar refractivity (Wildman–Crippen MR) is 70.4 cm³/mol. The number of hydrogen-bond acceptors (Lipinski definition) is 4. The lowest BCUT2D eigenvalue weighted by Gasteiger charge is -2.24. The number of hydrogen-bond donors (Lipinski definition) is 2. The summed E-state index contributed by atoms with van der Waals surface area (Å²) in [5.74, 6) is 0.0314. The zero-order valence-corrected chi connectivity index (χ0v) is 11.9. The zero-order chi connectivity index (χ0) is 13.8. The molecule has 1 amide bonds. The van der Waals surface area contributed by atoms with Gasteiger partial charge >= 0.3 is 0 Å². The number of carbonyl (C=O) groups excluding carboxylic acids is 1. The number of likely N-dealkylation sites (N-methyl/N-ethyl adjacent to an activating group) is 1. The number of rotatable bonds is 7. The first-order valence-electron chi connectivity index (χ1n) is 6.56. The van der Waals surface area contributed by atoms with Crippen LogP contribution in [-0.4, -0.2) is 60.4 Å². The van der Waals surface area contributed by atoms with Crippen molar-refractivity contribution >= 4 is 5.91 Å². The number of aliphatic hydroxyl groups is 1. The second-order valence-electron chi connectivity index (χ2n) is 6.12. The van der Waals surface area contributed by atoms with E-state index >= 15 is 0 Å². The summed E-state index contributed by atoms with van der Waals surface area (Å²) < 4.78 is 5.49. The molecule has 0 aliphatic heterocycles. The summed E-state index contributed by atoms with van der Waals surface area (Å²) in [5, 5.41) is 12.7.